The van der Waals surface area contributed by atoms with Crippen molar-refractivity contribution in [1.29, 1.82) is 0 Å². The number of benzene rings is 1. The summed E-state index contributed by atoms with van der Waals surface area (Å²) in [6.07, 6.45) is 2.23. The van der Waals surface area contributed by atoms with Crippen molar-refractivity contribution in [2.75, 3.05) is 0 Å². The fraction of sp³-hybridized carbons (Fsp3) is 0.105. The molecule has 1 aliphatic rings. The molecule has 0 bridgehead atoms. The van der Waals surface area contributed by atoms with E-state index in [2.05, 4.69) is 4.98 Å². The second-order valence-corrected chi connectivity index (χ2v) is 5.47. The third-order valence-corrected chi connectivity index (χ3v) is 4.02. The first-order valence-corrected chi connectivity index (χ1v) is 7.54. The van der Waals surface area contributed by atoms with E-state index < -0.39 is 17.8 Å². The molecule has 1 aromatic carbocycles. The van der Waals surface area contributed by atoms with Gasteiger partial charge in [0.05, 0.1) is 17.5 Å². The van der Waals surface area contributed by atoms with Gasteiger partial charge in [0.1, 0.15) is 11.7 Å². The van der Waals surface area contributed by atoms with Gasteiger partial charge in [0.25, 0.3) is 0 Å². The molecular weight excluding hydrogens is 306 g/mol. The lowest BCUT2D eigenvalue weighted by atomic mass is 9.83. The number of para-hydroxylation sites is 1. The zero-order valence-electron chi connectivity index (χ0n) is 12.6. The highest BCUT2D eigenvalue weighted by atomic mass is 16.5. The molecule has 0 saturated heterocycles. The Morgan fingerprint density at radius 2 is 1.83 bits per heavy atom. The zero-order valence-corrected chi connectivity index (χ0v) is 12.6. The van der Waals surface area contributed by atoms with Crippen LogP contribution in [0.2, 0.25) is 0 Å². The van der Waals surface area contributed by atoms with Crippen molar-refractivity contribution in [3.63, 3.8) is 0 Å². The summed E-state index contributed by atoms with van der Waals surface area (Å²) in [6, 6.07) is 15.4. The maximum Gasteiger partial charge on any atom is 0.212 e. The Kier molecular flexibility index (Phi) is 3.46. The van der Waals surface area contributed by atoms with E-state index >= 15 is 0 Å². The van der Waals surface area contributed by atoms with E-state index in [0.29, 0.717) is 17.0 Å². The van der Waals surface area contributed by atoms with Crippen LogP contribution in [0.15, 0.2) is 71.5 Å². The van der Waals surface area contributed by atoms with Crippen LogP contribution in [0, 0.1) is 5.92 Å². The molecule has 2 atom stereocenters. The Labute approximate surface area is 137 Å². The van der Waals surface area contributed by atoms with Gasteiger partial charge in [-0.1, -0.05) is 18.2 Å². The van der Waals surface area contributed by atoms with Gasteiger partial charge >= 0.3 is 0 Å². The summed E-state index contributed by atoms with van der Waals surface area (Å²) in [5.41, 5.74) is 0.930. The molecule has 1 aliphatic heterocycles. The number of hydrogen-bond acceptors (Lipinski definition) is 5. The molecule has 3 aromatic rings. The number of Topliss-reactive ketones (excluding diaryl/α,β-unsaturated/α-hetero) is 2. The van der Waals surface area contributed by atoms with Gasteiger partial charge in [0.2, 0.25) is 5.78 Å². The maximum atomic E-state index is 13.0. The normalized spacial score (nSPS) is 19.4. The number of pyridine rings is 1. The van der Waals surface area contributed by atoms with Crippen molar-refractivity contribution < 1.29 is 18.7 Å². The van der Waals surface area contributed by atoms with E-state index in [1.165, 1.54) is 6.26 Å². The topological polar surface area (TPSA) is 69.4 Å². The second kappa shape index (κ2) is 5.77. The largest absolute Gasteiger partial charge is 0.482 e. The smallest absolute Gasteiger partial charge is 0.212 e. The maximum absolute atomic E-state index is 13.0. The van der Waals surface area contributed by atoms with Crippen LogP contribution in [0.1, 0.15) is 32.7 Å². The summed E-state index contributed by atoms with van der Waals surface area (Å²) >= 11 is 0. The zero-order chi connectivity index (χ0) is 16.5. The Hall–Kier alpha value is -3.21. The van der Waals surface area contributed by atoms with E-state index in [-0.39, 0.29) is 11.5 Å². The Morgan fingerprint density at radius 1 is 1.00 bits per heavy atom. The highest BCUT2D eigenvalue weighted by Crippen LogP contribution is 2.39. The minimum Gasteiger partial charge on any atom is -0.482 e. The molecule has 0 aliphatic carbocycles. The van der Waals surface area contributed by atoms with E-state index in [4.69, 9.17) is 9.15 Å². The van der Waals surface area contributed by atoms with E-state index in [1.54, 1.807) is 60.8 Å². The molecule has 0 amide bonds. The molecule has 2 unspecified atom stereocenters. The lowest BCUT2D eigenvalue weighted by Gasteiger charge is -2.30. The molecule has 2 aromatic heterocycles. The number of carbonyl (C=O) groups excluding carboxylic acids is 2. The first-order chi connectivity index (χ1) is 11.8. The van der Waals surface area contributed by atoms with Crippen LogP contribution in [-0.4, -0.2) is 16.6 Å². The number of fused-ring (bicyclic) bond motifs is 1. The summed E-state index contributed by atoms with van der Waals surface area (Å²) in [5.74, 6) is -1.12. The fourth-order valence-corrected chi connectivity index (χ4v) is 2.89. The number of aromatic nitrogens is 1. The van der Waals surface area contributed by atoms with Crippen molar-refractivity contribution in [2.24, 2.45) is 5.92 Å². The molecule has 4 rings (SSSR count). The number of ether oxygens (including phenoxy) is 1. The van der Waals surface area contributed by atoms with Gasteiger partial charge in [-0.25, -0.2) is 0 Å². The van der Waals surface area contributed by atoms with Crippen LogP contribution in [0.25, 0.3) is 0 Å². The Bertz CT molecular complexity index is 887. The van der Waals surface area contributed by atoms with Gasteiger partial charge in [-0.15, -0.1) is 0 Å². The predicted octanol–water partition coefficient (Wildman–Crippen LogP) is 3.49. The van der Waals surface area contributed by atoms with Crippen LogP contribution in [0.3, 0.4) is 0 Å². The first kappa shape index (κ1) is 14.4. The Morgan fingerprint density at radius 3 is 2.58 bits per heavy atom. The molecule has 3 heterocycles. The van der Waals surface area contributed by atoms with E-state index in [0.717, 1.165) is 0 Å². The van der Waals surface area contributed by atoms with Gasteiger partial charge in [0.15, 0.2) is 17.6 Å². The quantitative estimate of drug-likeness (QED) is 0.546. The highest BCUT2D eigenvalue weighted by Gasteiger charge is 2.44. The average molecular weight is 319 g/mol. The summed E-state index contributed by atoms with van der Waals surface area (Å²) in [6.45, 7) is 0. The SMILES string of the molecule is O=C(c1ccco1)C1C(=O)c2ccccc2OC1c1ccccn1. The van der Waals surface area contributed by atoms with E-state index in [9.17, 15) is 9.59 Å². The highest BCUT2D eigenvalue weighted by molar-refractivity contribution is 6.17. The van der Waals surface area contributed by atoms with Crippen molar-refractivity contribution in [1.82, 2.24) is 4.98 Å². The summed E-state index contributed by atoms with van der Waals surface area (Å²) in [7, 11) is 0. The summed E-state index contributed by atoms with van der Waals surface area (Å²) in [4.78, 5) is 30.1. The molecule has 0 radical (unpaired) electrons. The van der Waals surface area contributed by atoms with Crippen LogP contribution in [0.5, 0.6) is 5.75 Å². The molecule has 0 fully saturated rings. The summed E-state index contributed by atoms with van der Waals surface area (Å²) in [5, 5.41) is 0. The molecule has 5 heteroatoms. The van der Waals surface area contributed by atoms with Gasteiger partial charge in [-0.05, 0) is 36.4 Å². The number of hydrogen-bond donors (Lipinski definition) is 0. The van der Waals surface area contributed by atoms with Crippen LogP contribution < -0.4 is 4.74 Å². The van der Waals surface area contributed by atoms with Crippen molar-refractivity contribution >= 4 is 11.6 Å². The molecule has 118 valence electrons. The third-order valence-electron chi connectivity index (χ3n) is 4.02. The molecule has 0 saturated carbocycles. The number of carbonyl (C=O) groups is 2. The number of ketones is 2. The average Bonchev–Trinajstić information content (AvgIpc) is 3.17. The number of furan rings is 1. The van der Waals surface area contributed by atoms with Gasteiger partial charge in [0, 0.05) is 6.20 Å². The lowest BCUT2D eigenvalue weighted by Crippen LogP contribution is -2.37. The number of rotatable bonds is 3. The van der Waals surface area contributed by atoms with Crippen molar-refractivity contribution in [2.45, 2.75) is 6.10 Å². The summed E-state index contributed by atoms with van der Waals surface area (Å²) < 4.78 is 11.2. The lowest BCUT2D eigenvalue weighted by molar-refractivity contribution is 0.0545. The molecule has 5 nitrogen and oxygen atoms in total. The number of nitrogens with zero attached hydrogens (tertiary/aromatic N) is 1. The van der Waals surface area contributed by atoms with Gasteiger partial charge in [-0.3, -0.25) is 14.6 Å². The minimum atomic E-state index is -1.03. The Balaban J connectivity index is 1.83. The standard InChI is InChI=1S/C19H13NO4/c21-17-12-6-1-2-8-14(12)24-19(13-7-3-4-10-20-13)16(17)18(22)15-9-5-11-23-15/h1-11,16,19H. The molecule has 24 heavy (non-hydrogen) atoms. The van der Waals surface area contributed by atoms with Crippen LogP contribution in [0.4, 0.5) is 0 Å². The van der Waals surface area contributed by atoms with E-state index in [1.807, 2.05) is 0 Å². The fourth-order valence-electron chi connectivity index (χ4n) is 2.89. The molecule has 0 N–H and O–H groups in total. The minimum absolute atomic E-state index is 0.136. The van der Waals surface area contributed by atoms with Crippen molar-refractivity contribution in [3.05, 3.63) is 84.1 Å². The first-order valence-electron chi connectivity index (χ1n) is 7.54. The molecular formula is C19H13NO4. The third kappa shape index (κ3) is 2.31. The van der Waals surface area contributed by atoms with Gasteiger partial charge in [-0.2, -0.15) is 0 Å². The predicted molar refractivity (Wildman–Crippen MR) is 84.9 cm³/mol. The van der Waals surface area contributed by atoms with Crippen LogP contribution >= 0.6 is 0 Å². The monoisotopic (exact) mass is 319 g/mol. The van der Waals surface area contributed by atoms with Crippen LogP contribution in [-0.2, 0) is 0 Å². The van der Waals surface area contributed by atoms with Crippen molar-refractivity contribution in [3.8, 4) is 5.75 Å². The molecule has 0 spiro atoms. The second-order valence-electron chi connectivity index (χ2n) is 5.47. The van der Waals surface area contributed by atoms with Gasteiger partial charge < -0.3 is 9.15 Å².